The molecule has 0 atom stereocenters. The summed E-state index contributed by atoms with van der Waals surface area (Å²) in [6.45, 7) is 0. The van der Waals surface area contributed by atoms with Crippen LogP contribution in [-0.4, -0.2) is 20.8 Å². The molecule has 2 aromatic rings. The lowest BCUT2D eigenvalue weighted by Gasteiger charge is -1.95. The van der Waals surface area contributed by atoms with E-state index in [9.17, 15) is 4.79 Å². The molecule has 6 heteroatoms. The Morgan fingerprint density at radius 3 is 2.93 bits per heavy atom. The zero-order valence-electron chi connectivity index (χ0n) is 7.27. The molecular weight excluding hydrogens is 266 g/mol. The second-order valence-electron chi connectivity index (χ2n) is 2.70. The summed E-state index contributed by atoms with van der Waals surface area (Å²) in [7, 11) is 1.70. The van der Waals surface area contributed by atoms with E-state index in [1.54, 1.807) is 13.1 Å². The maximum absolute atomic E-state index is 11.8. The fourth-order valence-electron chi connectivity index (χ4n) is 1.05. The second kappa shape index (κ2) is 3.62. The summed E-state index contributed by atoms with van der Waals surface area (Å²) in [4.78, 5) is 12.5. The van der Waals surface area contributed by atoms with Crippen molar-refractivity contribution in [2.75, 3.05) is 0 Å². The van der Waals surface area contributed by atoms with Crippen LogP contribution in [0.2, 0.25) is 0 Å². The van der Waals surface area contributed by atoms with Crippen LogP contribution in [0.15, 0.2) is 22.1 Å². The van der Waals surface area contributed by atoms with Crippen LogP contribution in [0.25, 0.3) is 0 Å². The third kappa shape index (κ3) is 1.62. The van der Waals surface area contributed by atoms with E-state index >= 15 is 0 Å². The number of hydrogen-bond acceptors (Lipinski definition) is 4. The first-order valence-electron chi connectivity index (χ1n) is 3.82. The van der Waals surface area contributed by atoms with Gasteiger partial charge in [0.05, 0.1) is 11.1 Å². The minimum absolute atomic E-state index is 0.0480. The zero-order valence-corrected chi connectivity index (χ0v) is 9.67. The molecule has 2 heterocycles. The first-order chi connectivity index (χ1) is 6.68. The van der Waals surface area contributed by atoms with Gasteiger partial charge in [0.2, 0.25) is 5.78 Å². The molecule has 0 aromatic carbocycles. The van der Waals surface area contributed by atoms with Gasteiger partial charge in [-0.1, -0.05) is 5.21 Å². The van der Waals surface area contributed by atoms with Crippen molar-refractivity contribution in [3.8, 4) is 0 Å². The van der Waals surface area contributed by atoms with E-state index in [1.165, 1.54) is 22.2 Å². The molecule has 0 bridgehead atoms. The maximum atomic E-state index is 11.8. The Bertz CT molecular complexity index is 476. The highest BCUT2D eigenvalue weighted by atomic mass is 79.9. The molecule has 0 N–H and O–H groups in total. The van der Waals surface area contributed by atoms with Crippen LogP contribution in [0.3, 0.4) is 0 Å². The summed E-state index contributed by atoms with van der Waals surface area (Å²) in [6, 6.07) is 1.79. The molecule has 0 amide bonds. The normalized spacial score (nSPS) is 10.4. The van der Waals surface area contributed by atoms with Gasteiger partial charge >= 0.3 is 0 Å². The second-order valence-corrected chi connectivity index (χ2v) is 4.53. The van der Waals surface area contributed by atoms with Gasteiger partial charge in [-0.15, -0.1) is 16.4 Å². The van der Waals surface area contributed by atoms with E-state index in [-0.39, 0.29) is 5.78 Å². The van der Waals surface area contributed by atoms with Gasteiger partial charge in [-0.25, -0.2) is 4.68 Å². The number of carbonyl (C=O) groups excluding carboxylic acids is 1. The lowest BCUT2D eigenvalue weighted by molar-refractivity contribution is 0.103. The molecule has 0 saturated heterocycles. The molecule has 0 spiro atoms. The van der Waals surface area contributed by atoms with Crippen molar-refractivity contribution >= 4 is 33.0 Å². The van der Waals surface area contributed by atoms with E-state index in [0.29, 0.717) is 10.6 Å². The number of hydrogen-bond donors (Lipinski definition) is 0. The number of carbonyl (C=O) groups is 1. The number of aromatic nitrogens is 3. The van der Waals surface area contributed by atoms with Crippen LogP contribution < -0.4 is 0 Å². The van der Waals surface area contributed by atoms with Crippen molar-refractivity contribution in [3.63, 3.8) is 0 Å². The first-order valence-corrected chi connectivity index (χ1v) is 5.49. The molecule has 4 nitrogen and oxygen atoms in total. The molecule has 0 aliphatic heterocycles. The molecule has 14 heavy (non-hydrogen) atoms. The largest absolute Gasteiger partial charge is 0.286 e. The van der Waals surface area contributed by atoms with Gasteiger partial charge in [0.15, 0.2) is 0 Å². The number of ketones is 1. The van der Waals surface area contributed by atoms with E-state index < -0.39 is 0 Å². The van der Waals surface area contributed by atoms with E-state index in [0.717, 1.165) is 4.47 Å². The molecular formula is C8H6BrN3OS. The molecule has 0 unspecified atom stereocenters. The van der Waals surface area contributed by atoms with E-state index in [2.05, 4.69) is 26.2 Å². The quantitative estimate of drug-likeness (QED) is 0.784. The molecule has 0 aliphatic carbocycles. The minimum atomic E-state index is -0.0480. The average molecular weight is 272 g/mol. The molecule has 0 saturated carbocycles. The summed E-state index contributed by atoms with van der Waals surface area (Å²) < 4.78 is 2.39. The molecule has 72 valence electrons. The van der Waals surface area contributed by atoms with Crippen LogP contribution >= 0.6 is 27.3 Å². The number of rotatable bonds is 2. The third-order valence-corrected chi connectivity index (χ3v) is 3.43. The summed E-state index contributed by atoms with van der Waals surface area (Å²) in [5.41, 5.74) is 0.499. The monoisotopic (exact) mass is 271 g/mol. The number of thiophene rings is 1. The van der Waals surface area contributed by atoms with Crippen molar-refractivity contribution in [2.45, 2.75) is 0 Å². The Balaban J connectivity index is 2.38. The molecule has 2 rings (SSSR count). The Hall–Kier alpha value is -1.01. The van der Waals surface area contributed by atoms with Gasteiger partial charge in [0, 0.05) is 16.9 Å². The lowest BCUT2D eigenvalue weighted by atomic mass is 10.2. The smallest absolute Gasteiger partial charge is 0.222 e. The Morgan fingerprint density at radius 1 is 1.64 bits per heavy atom. The highest BCUT2D eigenvalue weighted by Gasteiger charge is 2.15. The fraction of sp³-hybridized carbons (Fsp3) is 0.125. The maximum Gasteiger partial charge on any atom is 0.222 e. The highest BCUT2D eigenvalue weighted by molar-refractivity contribution is 9.10. The fourth-order valence-corrected chi connectivity index (χ4v) is 2.43. The van der Waals surface area contributed by atoms with Crippen LogP contribution in [0, 0.1) is 0 Å². The van der Waals surface area contributed by atoms with Crippen molar-refractivity contribution in [2.24, 2.45) is 7.05 Å². The van der Waals surface area contributed by atoms with Crippen LogP contribution in [0.5, 0.6) is 0 Å². The van der Waals surface area contributed by atoms with Gasteiger partial charge in [0.25, 0.3) is 0 Å². The Kier molecular flexibility index (Phi) is 2.47. The van der Waals surface area contributed by atoms with Gasteiger partial charge in [-0.2, -0.15) is 0 Å². The Morgan fingerprint density at radius 2 is 2.43 bits per heavy atom. The van der Waals surface area contributed by atoms with Crippen LogP contribution in [-0.2, 0) is 7.05 Å². The van der Waals surface area contributed by atoms with Crippen LogP contribution in [0.1, 0.15) is 15.4 Å². The SMILES string of the molecule is Cn1nncc1C(=O)c1cc(Br)cs1. The van der Waals surface area contributed by atoms with Crippen molar-refractivity contribution in [3.05, 3.63) is 32.7 Å². The Labute approximate surface area is 92.7 Å². The van der Waals surface area contributed by atoms with Gasteiger partial charge < -0.3 is 0 Å². The van der Waals surface area contributed by atoms with E-state index in [1.807, 2.05) is 5.38 Å². The highest BCUT2D eigenvalue weighted by Crippen LogP contribution is 2.21. The summed E-state index contributed by atoms with van der Waals surface area (Å²) in [5.74, 6) is -0.0480. The van der Waals surface area contributed by atoms with Crippen molar-refractivity contribution < 1.29 is 4.79 Å². The number of nitrogens with zero attached hydrogens (tertiary/aromatic N) is 3. The van der Waals surface area contributed by atoms with Gasteiger partial charge in [0.1, 0.15) is 5.69 Å². The third-order valence-electron chi connectivity index (χ3n) is 1.74. The summed E-state index contributed by atoms with van der Waals surface area (Å²) in [6.07, 6.45) is 1.47. The molecule has 0 aliphatic rings. The predicted molar refractivity (Wildman–Crippen MR) is 56.5 cm³/mol. The summed E-state index contributed by atoms with van der Waals surface area (Å²) >= 11 is 4.70. The van der Waals surface area contributed by atoms with Crippen molar-refractivity contribution in [1.29, 1.82) is 0 Å². The predicted octanol–water partition coefficient (Wildman–Crippen LogP) is 1.87. The van der Waals surface area contributed by atoms with Gasteiger partial charge in [-0.3, -0.25) is 4.79 Å². The average Bonchev–Trinajstić information content (AvgIpc) is 2.73. The molecule has 2 aromatic heterocycles. The zero-order chi connectivity index (χ0) is 10.1. The summed E-state index contributed by atoms with van der Waals surface area (Å²) in [5, 5.41) is 9.24. The topological polar surface area (TPSA) is 47.8 Å². The number of aryl methyl sites for hydroxylation is 1. The number of halogens is 1. The van der Waals surface area contributed by atoms with E-state index in [4.69, 9.17) is 0 Å². The molecule has 0 fully saturated rings. The minimum Gasteiger partial charge on any atom is -0.286 e. The molecule has 0 radical (unpaired) electrons. The van der Waals surface area contributed by atoms with Crippen molar-refractivity contribution in [1.82, 2.24) is 15.0 Å². The van der Waals surface area contributed by atoms with Crippen LogP contribution in [0.4, 0.5) is 0 Å². The standard InChI is InChI=1S/C8H6BrN3OS/c1-12-6(3-10-11-12)8(13)7-2-5(9)4-14-7/h2-4H,1H3. The lowest BCUT2D eigenvalue weighted by Crippen LogP contribution is -2.06. The first kappa shape index (κ1) is 9.54. The van der Waals surface area contributed by atoms with Gasteiger partial charge in [-0.05, 0) is 22.0 Å².